The number of halogens is 2. The number of anilines is 2. The van der Waals surface area contributed by atoms with Gasteiger partial charge in [0.2, 0.25) is 5.91 Å². The molecular weight excluding hydrogens is 323 g/mol. The van der Waals surface area contributed by atoms with Gasteiger partial charge in [0.15, 0.2) is 0 Å². The number of rotatable bonds is 2. The minimum absolute atomic E-state index is 0.125. The van der Waals surface area contributed by atoms with E-state index in [1.807, 2.05) is 24.3 Å². The van der Waals surface area contributed by atoms with E-state index in [2.05, 4.69) is 26.6 Å². The van der Waals surface area contributed by atoms with E-state index < -0.39 is 0 Å². The van der Waals surface area contributed by atoms with Crippen LogP contribution >= 0.6 is 15.9 Å². The first kappa shape index (κ1) is 13.1. The molecular formula is C15H12BrFN2O. The van der Waals surface area contributed by atoms with Crippen LogP contribution in [0.25, 0.3) is 0 Å². The zero-order chi connectivity index (χ0) is 14.1. The third-order valence-corrected chi connectivity index (χ3v) is 3.88. The second-order valence-electron chi connectivity index (χ2n) is 4.68. The number of nitrogens with one attached hydrogen (secondary N) is 2. The zero-order valence-electron chi connectivity index (χ0n) is 10.5. The summed E-state index contributed by atoms with van der Waals surface area (Å²) in [6, 6.07) is 12.0. The molecule has 3 nitrogen and oxygen atoms in total. The number of para-hydroxylation sites is 1. The predicted octanol–water partition coefficient (Wildman–Crippen LogP) is 3.56. The molecule has 0 bridgehead atoms. The fourth-order valence-electron chi connectivity index (χ4n) is 2.26. The summed E-state index contributed by atoms with van der Waals surface area (Å²) in [5, 5.41) is 5.97. The quantitative estimate of drug-likeness (QED) is 0.881. The Hall–Kier alpha value is -1.88. The molecule has 5 heteroatoms. The molecule has 0 aromatic heterocycles. The number of carbonyl (C=O) groups is 1. The lowest BCUT2D eigenvalue weighted by Crippen LogP contribution is -2.32. The molecule has 0 radical (unpaired) electrons. The summed E-state index contributed by atoms with van der Waals surface area (Å²) in [5.74, 6) is -0.478. The maximum absolute atomic E-state index is 13.1. The van der Waals surface area contributed by atoms with Crippen LogP contribution in [0.3, 0.4) is 0 Å². The van der Waals surface area contributed by atoms with E-state index in [4.69, 9.17) is 0 Å². The Morgan fingerprint density at radius 1 is 1.30 bits per heavy atom. The molecule has 102 valence electrons. The summed E-state index contributed by atoms with van der Waals surface area (Å²) in [6.45, 7) is 0. The van der Waals surface area contributed by atoms with Gasteiger partial charge in [-0.25, -0.2) is 4.39 Å². The average Bonchev–Trinajstić information content (AvgIpc) is 2.87. The number of hydrogen-bond acceptors (Lipinski definition) is 2. The molecule has 2 N–H and O–H groups in total. The fourth-order valence-corrected chi connectivity index (χ4v) is 2.64. The minimum atomic E-state index is -0.352. The van der Waals surface area contributed by atoms with E-state index >= 15 is 0 Å². The van der Waals surface area contributed by atoms with E-state index in [0.717, 1.165) is 11.3 Å². The van der Waals surface area contributed by atoms with E-state index in [0.29, 0.717) is 16.6 Å². The molecule has 2 aromatic carbocycles. The highest BCUT2D eigenvalue weighted by molar-refractivity contribution is 9.10. The number of hydrogen-bond donors (Lipinski definition) is 2. The lowest BCUT2D eigenvalue weighted by Gasteiger charge is -2.12. The Balaban J connectivity index is 1.71. The molecule has 0 saturated carbocycles. The van der Waals surface area contributed by atoms with E-state index in [9.17, 15) is 9.18 Å². The van der Waals surface area contributed by atoms with E-state index in [-0.39, 0.29) is 17.8 Å². The molecule has 0 aliphatic carbocycles. The van der Waals surface area contributed by atoms with Crippen LogP contribution in [-0.4, -0.2) is 11.9 Å². The fraction of sp³-hybridized carbons (Fsp3) is 0.133. The average molecular weight is 335 g/mol. The Kier molecular flexibility index (Phi) is 3.44. The summed E-state index contributed by atoms with van der Waals surface area (Å²) in [5.41, 5.74) is 2.70. The number of fused-ring (bicyclic) bond motifs is 1. The number of benzene rings is 2. The summed E-state index contributed by atoms with van der Waals surface area (Å²) < 4.78 is 13.5. The highest BCUT2D eigenvalue weighted by Crippen LogP contribution is 2.26. The molecule has 1 heterocycles. The first-order valence-corrected chi connectivity index (χ1v) is 7.03. The third kappa shape index (κ3) is 2.54. The molecule has 1 amide bonds. The highest BCUT2D eigenvalue weighted by Gasteiger charge is 2.26. The molecule has 1 aliphatic heterocycles. The van der Waals surface area contributed by atoms with Crippen molar-refractivity contribution in [3.63, 3.8) is 0 Å². The highest BCUT2D eigenvalue weighted by atomic mass is 79.9. The van der Waals surface area contributed by atoms with Gasteiger partial charge in [0.1, 0.15) is 11.9 Å². The monoisotopic (exact) mass is 334 g/mol. The van der Waals surface area contributed by atoms with Crippen molar-refractivity contribution in [2.75, 3.05) is 10.6 Å². The first-order valence-electron chi connectivity index (χ1n) is 6.24. The molecule has 1 unspecified atom stereocenters. The normalized spacial score (nSPS) is 16.4. The minimum Gasteiger partial charge on any atom is -0.373 e. The Morgan fingerprint density at radius 3 is 2.85 bits per heavy atom. The molecule has 1 atom stereocenters. The van der Waals surface area contributed by atoms with Crippen LogP contribution in [-0.2, 0) is 11.2 Å². The van der Waals surface area contributed by atoms with Crippen molar-refractivity contribution in [1.82, 2.24) is 0 Å². The van der Waals surface area contributed by atoms with Gasteiger partial charge in [-0.2, -0.15) is 0 Å². The van der Waals surface area contributed by atoms with Gasteiger partial charge in [-0.05, 0) is 45.8 Å². The van der Waals surface area contributed by atoms with Crippen LogP contribution in [0.4, 0.5) is 15.8 Å². The molecule has 2 aromatic rings. The second-order valence-corrected chi connectivity index (χ2v) is 5.53. The lowest BCUT2D eigenvalue weighted by molar-refractivity contribution is -0.116. The van der Waals surface area contributed by atoms with Gasteiger partial charge in [-0.15, -0.1) is 0 Å². The van der Waals surface area contributed by atoms with Crippen molar-refractivity contribution in [3.8, 4) is 0 Å². The topological polar surface area (TPSA) is 41.1 Å². The van der Waals surface area contributed by atoms with Crippen molar-refractivity contribution >= 4 is 33.2 Å². The summed E-state index contributed by atoms with van der Waals surface area (Å²) in [4.78, 5) is 12.2. The summed E-state index contributed by atoms with van der Waals surface area (Å²) >= 11 is 3.10. The predicted molar refractivity (Wildman–Crippen MR) is 80.3 cm³/mol. The summed E-state index contributed by atoms with van der Waals surface area (Å²) in [6.07, 6.45) is 0.657. The molecule has 3 rings (SSSR count). The van der Waals surface area contributed by atoms with Gasteiger partial charge in [-0.3, -0.25) is 4.79 Å². The third-order valence-electron chi connectivity index (χ3n) is 3.27. The van der Waals surface area contributed by atoms with Crippen LogP contribution in [0.15, 0.2) is 46.9 Å². The Morgan fingerprint density at radius 2 is 2.10 bits per heavy atom. The van der Waals surface area contributed by atoms with Crippen molar-refractivity contribution in [2.24, 2.45) is 0 Å². The SMILES string of the molecule is O=C(Nc1ccc(F)c(Br)c1)C1Cc2ccccc2N1. The maximum atomic E-state index is 13.1. The number of amides is 1. The second kappa shape index (κ2) is 5.25. The van der Waals surface area contributed by atoms with Gasteiger partial charge >= 0.3 is 0 Å². The van der Waals surface area contributed by atoms with Crippen LogP contribution < -0.4 is 10.6 Å². The molecule has 0 spiro atoms. The van der Waals surface area contributed by atoms with Crippen molar-refractivity contribution in [1.29, 1.82) is 0 Å². The van der Waals surface area contributed by atoms with Gasteiger partial charge in [-0.1, -0.05) is 18.2 Å². The molecule has 0 saturated heterocycles. The standard InChI is InChI=1S/C15H12BrFN2O/c16-11-8-10(5-6-12(11)17)18-15(20)14-7-9-3-1-2-4-13(9)19-14/h1-6,8,14,19H,7H2,(H,18,20). The van der Waals surface area contributed by atoms with Crippen molar-refractivity contribution in [3.05, 3.63) is 58.3 Å². The van der Waals surface area contributed by atoms with Gasteiger partial charge in [0, 0.05) is 17.8 Å². The number of carbonyl (C=O) groups excluding carboxylic acids is 1. The van der Waals surface area contributed by atoms with Gasteiger partial charge in [0.05, 0.1) is 4.47 Å². The maximum Gasteiger partial charge on any atom is 0.247 e. The van der Waals surface area contributed by atoms with Crippen LogP contribution in [0, 0.1) is 5.82 Å². The smallest absolute Gasteiger partial charge is 0.247 e. The summed E-state index contributed by atoms with van der Waals surface area (Å²) in [7, 11) is 0. The zero-order valence-corrected chi connectivity index (χ0v) is 12.1. The van der Waals surface area contributed by atoms with Crippen molar-refractivity contribution < 1.29 is 9.18 Å². The molecule has 1 aliphatic rings. The van der Waals surface area contributed by atoms with E-state index in [1.54, 1.807) is 12.1 Å². The van der Waals surface area contributed by atoms with Crippen LogP contribution in [0.1, 0.15) is 5.56 Å². The molecule has 0 fully saturated rings. The largest absolute Gasteiger partial charge is 0.373 e. The van der Waals surface area contributed by atoms with Gasteiger partial charge in [0.25, 0.3) is 0 Å². The van der Waals surface area contributed by atoms with Crippen LogP contribution in [0.5, 0.6) is 0 Å². The molecule has 20 heavy (non-hydrogen) atoms. The lowest BCUT2D eigenvalue weighted by atomic mass is 10.1. The van der Waals surface area contributed by atoms with Crippen LogP contribution in [0.2, 0.25) is 0 Å². The van der Waals surface area contributed by atoms with Crippen molar-refractivity contribution in [2.45, 2.75) is 12.5 Å². The first-order chi connectivity index (χ1) is 9.63. The Labute approximate surface area is 124 Å². The van der Waals surface area contributed by atoms with Gasteiger partial charge < -0.3 is 10.6 Å². The Bertz CT molecular complexity index is 650. The van der Waals surface area contributed by atoms with E-state index in [1.165, 1.54) is 6.07 Å².